The van der Waals surface area contributed by atoms with E-state index in [-0.39, 0.29) is 35.7 Å². The Morgan fingerprint density at radius 1 is 1.30 bits per heavy atom. The number of pyridine rings is 1. The third-order valence-electron chi connectivity index (χ3n) is 5.84. The monoisotopic (exact) mass is 463 g/mol. The molecular weight excluding hydrogens is 439 g/mol. The van der Waals surface area contributed by atoms with Crippen molar-refractivity contribution < 1.29 is 32.6 Å². The van der Waals surface area contributed by atoms with Gasteiger partial charge in [0.2, 0.25) is 0 Å². The molecule has 7 nitrogen and oxygen atoms in total. The molecule has 0 saturated heterocycles. The number of nitrogens with zero attached hydrogens (tertiary/aromatic N) is 1. The number of rotatable bonds is 4. The molecule has 4 N–H and O–H groups in total. The number of allylic oxidation sites excluding steroid dienone is 1. The van der Waals surface area contributed by atoms with Gasteiger partial charge in [0.05, 0.1) is 6.61 Å². The van der Waals surface area contributed by atoms with Gasteiger partial charge in [-0.05, 0) is 61.6 Å². The number of carbonyl (C=O) groups is 2. The first-order valence-corrected chi connectivity index (χ1v) is 10.2. The van der Waals surface area contributed by atoms with Gasteiger partial charge in [-0.1, -0.05) is 6.07 Å². The molecule has 0 bridgehead atoms. The van der Waals surface area contributed by atoms with E-state index in [1.807, 2.05) is 6.07 Å². The molecule has 4 rings (SSSR count). The molecule has 1 atom stereocenters. The zero-order valence-electron chi connectivity index (χ0n) is 17.9. The van der Waals surface area contributed by atoms with Crippen molar-refractivity contribution in [2.75, 3.05) is 18.5 Å². The highest BCUT2D eigenvalue weighted by Crippen LogP contribution is 2.46. The van der Waals surface area contributed by atoms with Crippen LogP contribution in [0, 0.1) is 5.82 Å². The summed E-state index contributed by atoms with van der Waals surface area (Å²) in [6, 6.07) is 7.01. The van der Waals surface area contributed by atoms with E-state index in [2.05, 4.69) is 10.3 Å². The number of carbonyl (C=O) groups excluding carboxylic acids is 1. The molecule has 2 aromatic rings. The highest BCUT2D eigenvalue weighted by molar-refractivity contribution is 6.02. The fourth-order valence-corrected chi connectivity index (χ4v) is 3.63. The maximum absolute atomic E-state index is 14.9. The van der Waals surface area contributed by atoms with E-state index < -0.39 is 29.7 Å². The van der Waals surface area contributed by atoms with Crippen molar-refractivity contribution in [1.29, 1.82) is 0 Å². The van der Waals surface area contributed by atoms with E-state index in [4.69, 9.17) is 20.4 Å². The molecule has 33 heavy (non-hydrogen) atoms. The van der Waals surface area contributed by atoms with Crippen LogP contribution < -0.4 is 11.1 Å². The number of anilines is 1. The summed E-state index contributed by atoms with van der Waals surface area (Å²) in [7, 11) is 0. The highest BCUT2D eigenvalue weighted by atomic mass is 19.3. The Balaban J connectivity index is 0.000000968. The number of alkyl halides is 2. The number of hydrogen-bond donors (Lipinski definition) is 3. The summed E-state index contributed by atoms with van der Waals surface area (Å²) >= 11 is 0. The van der Waals surface area contributed by atoms with Crippen LogP contribution in [0.2, 0.25) is 0 Å². The smallest absolute Gasteiger partial charge is 0.290 e. The van der Waals surface area contributed by atoms with Crippen LogP contribution in [0.25, 0.3) is 0 Å². The van der Waals surface area contributed by atoms with Gasteiger partial charge in [-0.25, -0.2) is 13.2 Å². The number of nitrogens with two attached hydrogens (primary N) is 1. The van der Waals surface area contributed by atoms with E-state index in [9.17, 15) is 18.0 Å². The molecule has 1 amide bonds. The fraction of sp³-hybridized carbons (Fsp3) is 0.348. The normalized spacial score (nSPS) is 21.6. The van der Waals surface area contributed by atoms with E-state index in [1.165, 1.54) is 25.1 Å². The second-order valence-corrected chi connectivity index (χ2v) is 8.01. The average Bonchev–Trinajstić information content (AvgIpc) is 3.63. The van der Waals surface area contributed by atoms with Crippen LogP contribution >= 0.6 is 0 Å². The van der Waals surface area contributed by atoms with E-state index >= 15 is 0 Å². The lowest BCUT2D eigenvalue weighted by atomic mass is 9.73. The van der Waals surface area contributed by atoms with Gasteiger partial charge in [-0.15, -0.1) is 0 Å². The van der Waals surface area contributed by atoms with Gasteiger partial charge < -0.3 is 20.9 Å². The first-order chi connectivity index (χ1) is 15.6. The molecule has 1 fully saturated rings. The predicted octanol–water partition coefficient (Wildman–Crippen LogP) is 3.82. The minimum Gasteiger partial charge on any atom is -0.483 e. The molecule has 1 aliphatic carbocycles. The van der Waals surface area contributed by atoms with Gasteiger partial charge in [-0.3, -0.25) is 14.6 Å². The summed E-state index contributed by atoms with van der Waals surface area (Å²) in [5, 5.41) is 9.49. The van der Waals surface area contributed by atoms with Crippen molar-refractivity contribution in [2.24, 2.45) is 5.73 Å². The lowest BCUT2D eigenvalue weighted by molar-refractivity contribution is -0.122. The second kappa shape index (κ2) is 9.62. The maximum atomic E-state index is 14.9. The Labute approximate surface area is 188 Å². The SMILES string of the molecule is C[C@]1(c2cc(NC(=O)c3ccc(C4CC4)cn3)ccc2F)C(N)=CCOCC1(F)F.O=CO. The molecular formula is C23H24F3N3O4. The summed E-state index contributed by atoms with van der Waals surface area (Å²) in [6.45, 7) is -0.0543. The lowest BCUT2D eigenvalue weighted by Crippen LogP contribution is -2.49. The summed E-state index contributed by atoms with van der Waals surface area (Å²) in [6.07, 6.45) is 5.23. The number of aromatic nitrogens is 1. The van der Waals surface area contributed by atoms with Crippen molar-refractivity contribution in [2.45, 2.75) is 37.0 Å². The maximum Gasteiger partial charge on any atom is 0.290 e. The van der Waals surface area contributed by atoms with E-state index in [0.717, 1.165) is 24.5 Å². The summed E-state index contributed by atoms with van der Waals surface area (Å²) in [5.41, 5.74) is 4.72. The van der Waals surface area contributed by atoms with Gasteiger partial charge >= 0.3 is 0 Å². The first kappa shape index (κ1) is 24.2. The molecule has 0 radical (unpaired) electrons. The molecule has 1 saturated carbocycles. The second-order valence-electron chi connectivity index (χ2n) is 8.01. The minimum atomic E-state index is -3.45. The van der Waals surface area contributed by atoms with Crippen molar-refractivity contribution in [3.63, 3.8) is 0 Å². The Morgan fingerprint density at radius 3 is 2.61 bits per heavy atom. The molecule has 2 heterocycles. The van der Waals surface area contributed by atoms with Crippen LogP contribution in [0.15, 0.2) is 48.3 Å². The number of ether oxygens (including phenoxy) is 1. The minimum absolute atomic E-state index is 0.0857. The Hall–Kier alpha value is -3.40. The Morgan fingerprint density at radius 2 is 2.00 bits per heavy atom. The van der Waals surface area contributed by atoms with Crippen molar-refractivity contribution >= 4 is 18.1 Å². The Bertz CT molecular complexity index is 1060. The van der Waals surface area contributed by atoms with Crippen LogP contribution in [0.3, 0.4) is 0 Å². The van der Waals surface area contributed by atoms with Gasteiger partial charge in [0.25, 0.3) is 18.3 Å². The number of halogens is 3. The van der Waals surface area contributed by atoms with Crippen molar-refractivity contribution in [3.8, 4) is 0 Å². The molecule has 1 aromatic heterocycles. The van der Waals surface area contributed by atoms with Gasteiger partial charge in [0, 0.05) is 23.1 Å². The Kier molecular flexibility index (Phi) is 7.06. The molecule has 176 valence electrons. The third-order valence-corrected chi connectivity index (χ3v) is 5.84. The van der Waals surface area contributed by atoms with Crippen LogP contribution in [0.4, 0.5) is 18.9 Å². The third kappa shape index (κ3) is 5.00. The average molecular weight is 463 g/mol. The molecule has 2 aliphatic rings. The van der Waals surface area contributed by atoms with E-state index in [1.54, 1.807) is 12.3 Å². The number of carboxylic acid groups (broad SMARTS) is 1. The summed E-state index contributed by atoms with van der Waals surface area (Å²) in [4.78, 5) is 25.1. The molecule has 1 aromatic carbocycles. The molecule has 0 unspecified atom stereocenters. The topological polar surface area (TPSA) is 115 Å². The first-order valence-electron chi connectivity index (χ1n) is 10.2. The van der Waals surface area contributed by atoms with Crippen LogP contribution in [-0.4, -0.2) is 41.6 Å². The highest BCUT2D eigenvalue weighted by Gasteiger charge is 2.55. The number of nitrogens with one attached hydrogen (secondary N) is 1. The quantitative estimate of drug-likeness (QED) is 0.594. The van der Waals surface area contributed by atoms with Gasteiger partial charge in [0.15, 0.2) is 0 Å². The standard InChI is InChI=1S/C22H22F3N3O2.CH2O2/c1-21(19(26)8-9-30-12-22(21,24)25)16-10-15(5-6-17(16)23)28-20(29)18-7-4-14(11-27-18)13-2-3-13;2-1-3/h4-8,10-11,13H,2-3,9,12,26H2,1H3,(H,28,29);1H,(H,2,3)/t21-;/m0./s1. The predicted molar refractivity (Wildman–Crippen MR) is 115 cm³/mol. The summed E-state index contributed by atoms with van der Waals surface area (Å²) in [5.74, 6) is -4.30. The molecule has 10 heteroatoms. The van der Waals surface area contributed by atoms with E-state index in [0.29, 0.717) is 5.92 Å². The van der Waals surface area contributed by atoms with Gasteiger partial charge in [-0.2, -0.15) is 0 Å². The largest absolute Gasteiger partial charge is 0.483 e. The molecule has 0 spiro atoms. The lowest BCUT2D eigenvalue weighted by Gasteiger charge is -2.37. The van der Waals surface area contributed by atoms with Crippen LogP contribution in [0.5, 0.6) is 0 Å². The van der Waals surface area contributed by atoms with Crippen LogP contribution in [0.1, 0.15) is 47.3 Å². The fourth-order valence-electron chi connectivity index (χ4n) is 3.63. The van der Waals surface area contributed by atoms with Crippen LogP contribution in [-0.2, 0) is 14.9 Å². The number of benzene rings is 1. The summed E-state index contributed by atoms with van der Waals surface area (Å²) < 4.78 is 49.3. The molecule has 1 aliphatic heterocycles. The van der Waals surface area contributed by atoms with Crippen molar-refractivity contribution in [3.05, 3.63) is 70.9 Å². The zero-order chi connectivity index (χ0) is 24.2. The number of amides is 1. The van der Waals surface area contributed by atoms with Gasteiger partial charge in [0.1, 0.15) is 23.5 Å². The van der Waals surface area contributed by atoms with Crippen molar-refractivity contribution in [1.82, 2.24) is 4.98 Å². The zero-order valence-corrected chi connectivity index (χ0v) is 17.9. The number of hydrogen-bond acceptors (Lipinski definition) is 5.